The molecular formula is C50H46N4O10. The number of hydrogen-bond acceptors (Lipinski definition) is 7. The van der Waals surface area contributed by atoms with Gasteiger partial charge in [0.1, 0.15) is 0 Å². The number of carbonyl (C=O) groups is 6. The standard InChI is InChI=1S/C50H46N4O10/c1-27-10-11-28(2)53(27)43-23-34(45(55)51-41-25-40(41)33-7-5-8-36(22-33)48(59)60)16-19-39(43)50(63)64-44-21-29(3)54(30(44)4)42-24-35(17-18-38(42)49(61)62)46(56)52-20-6-9-37(26-52)31-12-14-32(15-13-31)47(57)58/h5,7-8,10-19,21-24,37,40-41H,6,9,20,25-26H2,1-4H3,(H,51,55)(H,57,58)(H,59,60)(H,61,62). The number of rotatable bonds is 12. The molecule has 4 aromatic carbocycles. The fourth-order valence-electron chi connectivity index (χ4n) is 8.86. The number of nitrogens with zero attached hydrogens (tertiary/aromatic N) is 3. The zero-order valence-electron chi connectivity index (χ0n) is 35.6. The molecular weight excluding hydrogens is 817 g/mol. The lowest BCUT2D eigenvalue weighted by Gasteiger charge is -2.33. The maximum atomic E-state index is 14.2. The first-order chi connectivity index (χ1) is 30.6. The molecule has 1 aliphatic carbocycles. The molecule has 2 fully saturated rings. The highest BCUT2D eigenvalue weighted by Gasteiger charge is 2.40. The maximum absolute atomic E-state index is 14.2. The first kappa shape index (κ1) is 42.9. The van der Waals surface area contributed by atoms with Gasteiger partial charge in [-0.1, -0.05) is 24.3 Å². The molecule has 3 atom stereocenters. The molecule has 1 saturated carbocycles. The number of hydrogen-bond donors (Lipinski definition) is 4. The molecule has 6 aromatic rings. The van der Waals surface area contributed by atoms with Crippen molar-refractivity contribution in [3.63, 3.8) is 0 Å². The van der Waals surface area contributed by atoms with E-state index in [4.69, 9.17) is 4.74 Å². The molecule has 64 heavy (non-hydrogen) atoms. The lowest BCUT2D eigenvalue weighted by atomic mass is 9.89. The van der Waals surface area contributed by atoms with Crippen molar-refractivity contribution in [1.29, 1.82) is 0 Å². The predicted molar refractivity (Wildman–Crippen MR) is 236 cm³/mol. The van der Waals surface area contributed by atoms with Crippen molar-refractivity contribution >= 4 is 35.7 Å². The van der Waals surface area contributed by atoms with Crippen molar-refractivity contribution in [3.05, 3.63) is 170 Å². The minimum atomic E-state index is -1.21. The number of carbonyl (C=O) groups excluding carboxylic acids is 3. The molecule has 3 unspecified atom stereocenters. The number of carboxylic acids is 3. The van der Waals surface area contributed by atoms with Gasteiger partial charge in [0.05, 0.1) is 39.3 Å². The summed E-state index contributed by atoms with van der Waals surface area (Å²) in [7, 11) is 0. The molecule has 8 rings (SSSR count). The summed E-state index contributed by atoms with van der Waals surface area (Å²) in [6.07, 6.45) is 2.21. The number of benzene rings is 4. The van der Waals surface area contributed by atoms with Crippen molar-refractivity contribution in [2.24, 2.45) is 0 Å². The van der Waals surface area contributed by atoms with Gasteiger partial charge in [-0.05, 0) is 131 Å². The Bertz CT molecular complexity index is 2870. The Morgan fingerprint density at radius 3 is 1.95 bits per heavy atom. The Morgan fingerprint density at radius 1 is 0.625 bits per heavy atom. The average Bonchev–Trinajstić information content (AvgIpc) is 3.89. The number of aromatic carboxylic acids is 3. The quantitative estimate of drug-likeness (QED) is 0.0872. The number of carboxylic acid groups (broad SMARTS) is 3. The summed E-state index contributed by atoms with van der Waals surface area (Å²) in [5, 5.41) is 32.1. The van der Waals surface area contributed by atoms with Crippen LogP contribution in [0.2, 0.25) is 0 Å². The van der Waals surface area contributed by atoms with Gasteiger partial charge in [0, 0.05) is 65.2 Å². The monoisotopic (exact) mass is 862 g/mol. The first-order valence-corrected chi connectivity index (χ1v) is 20.9. The Hall–Kier alpha value is -7.74. The molecule has 0 spiro atoms. The van der Waals surface area contributed by atoms with Gasteiger partial charge in [-0.25, -0.2) is 19.2 Å². The summed E-state index contributed by atoms with van der Waals surface area (Å²) >= 11 is 0. The van der Waals surface area contributed by atoms with Crippen LogP contribution < -0.4 is 10.1 Å². The molecule has 326 valence electrons. The van der Waals surface area contributed by atoms with Crippen molar-refractivity contribution < 1.29 is 48.8 Å². The summed E-state index contributed by atoms with van der Waals surface area (Å²) in [5.41, 5.74) is 6.07. The Morgan fingerprint density at radius 2 is 1.27 bits per heavy atom. The van der Waals surface area contributed by atoms with Gasteiger partial charge in [-0.15, -0.1) is 0 Å². The second-order valence-corrected chi connectivity index (χ2v) is 16.6. The summed E-state index contributed by atoms with van der Waals surface area (Å²) in [6.45, 7) is 8.11. The average molecular weight is 863 g/mol. The highest BCUT2D eigenvalue weighted by atomic mass is 16.5. The summed E-state index contributed by atoms with van der Waals surface area (Å²) in [5.74, 6) is -4.44. The third kappa shape index (κ3) is 8.41. The number of aryl methyl sites for hydroxylation is 3. The van der Waals surface area contributed by atoms with Gasteiger partial charge < -0.3 is 39.4 Å². The number of nitrogens with one attached hydrogen (secondary N) is 1. The van der Waals surface area contributed by atoms with E-state index in [9.17, 15) is 44.1 Å². The van der Waals surface area contributed by atoms with Crippen LogP contribution in [0.15, 0.2) is 103 Å². The van der Waals surface area contributed by atoms with Crippen molar-refractivity contribution in [2.75, 3.05) is 13.1 Å². The lowest BCUT2D eigenvalue weighted by molar-refractivity contribution is 0.0684. The van der Waals surface area contributed by atoms with Gasteiger partial charge in [0.2, 0.25) is 0 Å². The van der Waals surface area contributed by atoms with E-state index in [1.54, 1.807) is 90.0 Å². The molecule has 3 heterocycles. The smallest absolute Gasteiger partial charge is 0.345 e. The second kappa shape index (κ2) is 17.2. The van der Waals surface area contributed by atoms with Gasteiger partial charge >= 0.3 is 23.9 Å². The summed E-state index contributed by atoms with van der Waals surface area (Å²) in [6, 6.07) is 27.8. The van der Waals surface area contributed by atoms with Gasteiger partial charge in [-0.2, -0.15) is 0 Å². The van der Waals surface area contributed by atoms with E-state index in [1.165, 1.54) is 18.2 Å². The topological polar surface area (TPSA) is 197 Å². The largest absolute Gasteiger partial charge is 0.478 e. The predicted octanol–water partition coefficient (Wildman–Crippen LogP) is 8.12. The SMILES string of the molecule is Cc1ccc(C)n1-c1cc(C(=O)NC2CC2c2cccc(C(=O)O)c2)ccc1C(=O)Oc1cc(C)n(-c2cc(C(=O)N3CCCC(c4ccc(C(=O)O)cc4)C3)ccc2C(=O)O)c1C. The Kier molecular flexibility index (Phi) is 11.5. The van der Waals surface area contributed by atoms with Crippen LogP contribution in [0, 0.1) is 27.7 Å². The van der Waals surface area contributed by atoms with Crippen LogP contribution >= 0.6 is 0 Å². The molecule has 0 radical (unpaired) electrons. The molecule has 2 aromatic heterocycles. The van der Waals surface area contributed by atoms with E-state index in [2.05, 4.69) is 5.32 Å². The molecule has 2 aliphatic rings. The Balaban J connectivity index is 1.04. The molecule has 0 bridgehead atoms. The zero-order valence-corrected chi connectivity index (χ0v) is 35.6. The third-order valence-corrected chi connectivity index (χ3v) is 12.3. The number of esters is 1. The van der Waals surface area contributed by atoms with Gasteiger partial charge in [-0.3, -0.25) is 9.59 Å². The maximum Gasteiger partial charge on any atom is 0.345 e. The zero-order chi connectivity index (χ0) is 45.6. The van der Waals surface area contributed by atoms with Crippen LogP contribution in [0.1, 0.15) is 127 Å². The summed E-state index contributed by atoms with van der Waals surface area (Å²) in [4.78, 5) is 79.1. The van der Waals surface area contributed by atoms with Gasteiger partial charge in [0.15, 0.2) is 5.75 Å². The second-order valence-electron chi connectivity index (χ2n) is 16.6. The van der Waals surface area contributed by atoms with Crippen LogP contribution in [0.5, 0.6) is 5.75 Å². The summed E-state index contributed by atoms with van der Waals surface area (Å²) < 4.78 is 9.57. The van der Waals surface area contributed by atoms with Crippen LogP contribution in [0.4, 0.5) is 0 Å². The van der Waals surface area contributed by atoms with E-state index < -0.39 is 23.9 Å². The van der Waals surface area contributed by atoms with Crippen LogP contribution in [-0.2, 0) is 0 Å². The molecule has 14 nitrogen and oxygen atoms in total. The van der Waals surface area contributed by atoms with Crippen molar-refractivity contribution in [1.82, 2.24) is 19.4 Å². The number of ether oxygens (including phenoxy) is 1. The van der Waals surface area contributed by atoms with E-state index in [-0.39, 0.29) is 68.9 Å². The number of likely N-dealkylation sites (tertiary alicyclic amines) is 1. The van der Waals surface area contributed by atoms with Crippen molar-refractivity contribution in [3.8, 4) is 17.1 Å². The molecule has 1 saturated heterocycles. The Labute approximate surface area is 368 Å². The highest BCUT2D eigenvalue weighted by molar-refractivity contribution is 6.01. The van der Waals surface area contributed by atoms with Gasteiger partial charge in [0.25, 0.3) is 11.8 Å². The van der Waals surface area contributed by atoms with E-state index >= 15 is 0 Å². The van der Waals surface area contributed by atoms with Crippen LogP contribution in [-0.4, -0.2) is 84.2 Å². The van der Waals surface area contributed by atoms with E-state index in [1.807, 2.05) is 36.6 Å². The lowest BCUT2D eigenvalue weighted by Crippen LogP contribution is -2.39. The van der Waals surface area contributed by atoms with Crippen LogP contribution in [0.25, 0.3) is 11.4 Å². The van der Waals surface area contributed by atoms with E-state index in [0.29, 0.717) is 42.1 Å². The number of aromatic nitrogens is 2. The highest BCUT2D eigenvalue weighted by Crippen LogP contribution is 2.41. The molecule has 1 aliphatic heterocycles. The van der Waals surface area contributed by atoms with Crippen LogP contribution in [0.3, 0.4) is 0 Å². The normalized spacial score (nSPS) is 16.8. The molecule has 14 heteroatoms. The minimum Gasteiger partial charge on any atom is -0.478 e. The fraction of sp³-hybridized carbons (Fsp3) is 0.240. The third-order valence-electron chi connectivity index (χ3n) is 12.3. The number of piperidine rings is 1. The minimum absolute atomic E-state index is 0.00340. The van der Waals surface area contributed by atoms with Crippen molar-refractivity contribution in [2.45, 2.75) is 64.8 Å². The van der Waals surface area contributed by atoms with E-state index in [0.717, 1.165) is 35.4 Å². The fourth-order valence-corrected chi connectivity index (χ4v) is 8.86. The molecule has 4 N–H and O–H groups in total. The molecule has 2 amide bonds. The number of amides is 2. The first-order valence-electron chi connectivity index (χ1n) is 20.9.